The second-order valence-corrected chi connectivity index (χ2v) is 7.52. The third-order valence-electron chi connectivity index (χ3n) is 4.36. The van der Waals surface area contributed by atoms with Crippen molar-refractivity contribution in [1.29, 1.82) is 0 Å². The van der Waals surface area contributed by atoms with Crippen LogP contribution in [-0.4, -0.2) is 43.0 Å². The fourth-order valence-corrected chi connectivity index (χ4v) is 3.67. The number of halogens is 2. The van der Waals surface area contributed by atoms with Gasteiger partial charge < -0.3 is 15.0 Å². The Morgan fingerprint density at radius 3 is 2.54 bits per heavy atom. The Labute approximate surface area is 179 Å². The molecule has 0 radical (unpaired) electrons. The summed E-state index contributed by atoms with van der Waals surface area (Å²) in [6.07, 6.45) is 1.18. The van der Waals surface area contributed by atoms with Crippen LogP contribution in [0.15, 0.2) is 53.0 Å². The van der Waals surface area contributed by atoms with E-state index in [1.165, 1.54) is 0 Å². The fraction of sp³-hybridized carbons (Fsp3) is 0.333. The number of nitrogens with one attached hydrogen (secondary N) is 1. The molecule has 0 aliphatic heterocycles. The predicted octanol–water partition coefficient (Wildman–Crippen LogP) is 4.08. The summed E-state index contributed by atoms with van der Waals surface area (Å²) in [6, 6.07) is 14.4. The molecule has 5 nitrogen and oxygen atoms in total. The number of benzene rings is 2. The number of ether oxygens (including phenoxy) is 1. The highest BCUT2D eigenvalue weighted by molar-refractivity contribution is 9.10. The molecule has 0 heterocycles. The molecule has 0 bridgehead atoms. The van der Waals surface area contributed by atoms with Crippen LogP contribution in [0.4, 0.5) is 0 Å². The smallest absolute Gasteiger partial charge is 0.261 e. The van der Waals surface area contributed by atoms with Crippen molar-refractivity contribution in [3.05, 3.63) is 63.6 Å². The van der Waals surface area contributed by atoms with Gasteiger partial charge in [0.1, 0.15) is 11.8 Å². The lowest BCUT2D eigenvalue weighted by Crippen LogP contribution is -2.50. The van der Waals surface area contributed by atoms with Gasteiger partial charge in [-0.1, -0.05) is 48.9 Å². The molecule has 2 rings (SSSR count). The molecule has 0 aliphatic rings. The van der Waals surface area contributed by atoms with Crippen LogP contribution in [0.5, 0.6) is 5.75 Å². The normalized spacial score (nSPS) is 11.6. The Morgan fingerprint density at radius 1 is 1.21 bits per heavy atom. The van der Waals surface area contributed by atoms with E-state index in [-0.39, 0.29) is 18.4 Å². The molecule has 2 aromatic carbocycles. The van der Waals surface area contributed by atoms with Gasteiger partial charge in [0.2, 0.25) is 5.91 Å². The molecule has 150 valence electrons. The first kappa shape index (κ1) is 22.2. The summed E-state index contributed by atoms with van der Waals surface area (Å²) in [4.78, 5) is 26.8. The first-order valence-corrected chi connectivity index (χ1v) is 10.3. The van der Waals surface area contributed by atoms with Crippen LogP contribution < -0.4 is 10.1 Å². The first-order chi connectivity index (χ1) is 13.5. The van der Waals surface area contributed by atoms with E-state index in [0.29, 0.717) is 34.6 Å². The topological polar surface area (TPSA) is 58.6 Å². The zero-order chi connectivity index (χ0) is 20.5. The lowest BCUT2D eigenvalue weighted by atomic mass is 10.1. The van der Waals surface area contributed by atoms with Crippen LogP contribution in [-0.2, 0) is 16.0 Å². The van der Waals surface area contributed by atoms with Crippen LogP contribution in [0.25, 0.3) is 0 Å². The van der Waals surface area contributed by atoms with Gasteiger partial charge in [-0.25, -0.2) is 0 Å². The number of amides is 2. The van der Waals surface area contributed by atoms with E-state index >= 15 is 0 Å². The summed E-state index contributed by atoms with van der Waals surface area (Å²) in [5.41, 5.74) is 1.11. The fourth-order valence-electron chi connectivity index (χ4n) is 2.88. The minimum atomic E-state index is -0.543. The molecule has 1 atom stereocenters. The second kappa shape index (κ2) is 11.1. The summed E-state index contributed by atoms with van der Waals surface area (Å²) in [7, 11) is 1.58. The van der Waals surface area contributed by atoms with Gasteiger partial charge in [-0.2, -0.15) is 0 Å². The van der Waals surface area contributed by atoms with E-state index in [1.54, 1.807) is 30.1 Å². The van der Waals surface area contributed by atoms with Crippen molar-refractivity contribution < 1.29 is 14.3 Å². The first-order valence-electron chi connectivity index (χ1n) is 9.09. The molecule has 7 heteroatoms. The molecule has 0 aliphatic carbocycles. The highest BCUT2D eigenvalue weighted by Gasteiger charge is 2.28. The van der Waals surface area contributed by atoms with Gasteiger partial charge >= 0.3 is 0 Å². The summed E-state index contributed by atoms with van der Waals surface area (Å²) >= 11 is 9.31. The largest absolute Gasteiger partial charge is 0.483 e. The van der Waals surface area contributed by atoms with Gasteiger partial charge in [0, 0.05) is 18.6 Å². The van der Waals surface area contributed by atoms with Crippen molar-refractivity contribution in [3.63, 3.8) is 0 Å². The van der Waals surface area contributed by atoms with Crippen molar-refractivity contribution in [1.82, 2.24) is 10.2 Å². The lowest BCUT2D eigenvalue weighted by molar-refractivity contribution is -0.142. The van der Waals surface area contributed by atoms with E-state index in [9.17, 15) is 9.59 Å². The molecule has 2 aromatic rings. The Morgan fingerprint density at radius 2 is 1.93 bits per heavy atom. The number of hydrogen-bond acceptors (Lipinski definition) is 3. The summed E-state index contributed by atoms with van der Waals surface area (Å²) in [6.45, 7) is 2.15. The van der Waals surface area contributed by atoms with Crippen LogP contribution >= 0.6 is 27.5 Å². The Bertz CT molecular complexity index is 801. The number of nitrogens with zero attached hydrogens (tertiary/aromatic N) is 1. The summed E-state index contributed by atoms with van der Waals surface area (Å²) < 4.78 is 6.33. The van der Waals surface area contributed by atoms with Crippen molar-refractivity contribution >= 4 is 39.3 Å². The molecule has 28 heavy (non-hydrogen) atoms. The third kappa shape index (κ3) is 6.24. The van der Waals surface area contributed by atoms with Crippen LogP contribution in [0.1, 0.15) is 18.9 Å². The predicted molar refractivity (Wildman–Crippen MR) is 115 cm³/mol. The highest BCUT2D eigenvalue weighted by Crippen LogP contribution is 2.28. The number of likely N-dealkylation sites (N-methyl/N-ethyl adjacent to an activating group) is 1. The van der Waals surface area contributed by atoms with E-state index in [0.717, 1.165) is 5.56 Å². The molecule has 1 N–H and O–H groups in total. The van der Waals surface area contributed by atoms with Gasteiger partial charge in [-0.15, -0.1) is 0 Å². The number of hydrogen-bond donors (Lipinski definition) is 1. The van der Waals surface area contributed by atoms with Gasteiger partial charge in [0.05, 0.1) is 4.47 Å². The van der Waals surface area contributed by atoms with E-state index in [1.807, 2.05) is 37.3 Å². The third-order valence-corrected chi connectivity index (χ3v) is 5.22. The van der Waals surface area contributed by atoms with E-state index in [4.69, 9.17) is 16.3 Å². The number of rotatable bonds is 9. The summed E-state index contributed by atoms with van der Waals surface area (Å²) in [5, 5.41) is 3.21. The summed E-state index contributed by atoms with van der Waals surface area (Å²) in [5.74, 6) is 0.0959. The Hall–Kier alpha value is -2.05. The van der Waals surface area contributed by atoms with Gasteiger partial charge in [0.25, 0.3) is 5.91 Å². The van der Waals surface area contributed by atoms with Gasteiger partial charge in [0.15, 0.2) is 6.61 Å². The molecule has 2 amide bonds. The average molecular weight is 468 g/mol. The quantitative estimate of drug-likeness (QED) is 0.605. The standard InChI is InChI=1S/C21H24BrClN2O3/c1-3-18(21(27)24-2)25(12-11-15-7-5-4-6-8-15)20(26)14-28-19-10-9-16(23)13-17(19)22/h4-10,13,18H,3,11-12,14H2,1-2H3,(H,24,27). The average Bonchev–Trinajstić information content (AvgIpc) is 2.70. The Kier molecular flexibility index (Phi) is 8.80. The van der Waals surface area contributed by atoms with Gasteiger partial charge in [-0.3, -0.25) is 9.59 Å². The molecule has 0 saturated carbocycles. The van der Waals surface area contributed by atoms with Crippen LogP contribution in [0.2, 0.25) is 5.02 Å². The molecular weight excluding hydrogens is 444 g/mol. The van der Waals surface area contributed by atoms with E-state index < -0.39 is 6.04 Å². The van der Waals surface area contributed by atoms with Crippen LogP contribution in [0.3, 0.4) is 0 Å². The Balaban J connectivity index is 2.11. The minimum absolute atomic E-state index is 0.164. The van der Waals surface area contributed by atoms with Gasteiger partial charge in [-0.05, 0) is 52.5 Å². The van der Waals surface area contributed by atoms with Crippen molar-refractivity contribution in [2.45, 2.75) is 25.8 Å². The maximum absolute atomic E-state index is 12.9. The number of carbonyl (C=O) groups excluding carboxylic acids is 2. The highest BCUT2D eigenvalue weighted by atomic mass is 79.9. The maximum atomic E-state index is 12.9. The van der Waals surface area contributed by atoms with Crippen molar-refractivity contribution in [2.24, 2.45) is 0 Å². The zero-order valence-electron chi connectivity index (χ0n) is 16.0. The SMILES string of the molecule is CCC(C(=O)NC)N(CCc1ccccc1)C(=O)COc1ccc(Cl)cc1Br. The molecule has 0 fully saturated rings. The minimum Gasteiger partial charge on any atom is -0.483 e. The molecule has 0 saturated heterocycles. The molecular formula is C21H24BrClN2O3. The molecule has 1 unspecified atom stereocenters. The maximum Gasteiger partial charge on any atom is 0.261 e. The second-order valence-electron chi connectivity index (χ2n) is 6.22. The van der Waals surface area contributed by atoms with Crippen molar-refractivity contribution in [2.75, 3.05) is 20.2 Å². The molecule has 0 aromatic heterocycles. The number of carbonyl (C=O) groups is 2. The molecule has 0 spiro atoms. The monoisotopic (exact) mass is 466 g/mol. The zero-order valence-corrected chi connectivity index (χ0v) is 18.3. The van der Waals surface area contributed by atoms with Crippen molar-refractivity contribution in [3.8, 4) is 5.75 Å². The lowest BCUT2D eigenvalue weighted by Gasteiger charge is -2.30. The van der Waals surface area contributed by atoms with E-state index in [2.05, 4.69) is 21.2 Å². The van der Waals surface area contributed by atoms with Crippen LogP contribution in [0, 0.1) is 0 Å².